The maximum Gasteiger partial charge on any atom is 1.00 e. The van der Waals surface area contributed by atoms with E-state index in [0.717, 1.165) is 46.9 Å². The van der Waals surface area contributed by atoms with E-state index < -0.39 is 5.97 Å². The molecular formula is C30H24NNaO4. The fourth-order valence-corrected chi connectivity index (χ4v) is 5.22. The van der Waals surface area contributed by atoms with Gasteiger partial charge in [-0.25, -0.2) is 4.98 Å². The molecule has 6 heteroatoms. The molecule has 0 amide bonds. The van der Waals surface area contributed by atoms with Crippen molar-refractivity contribution in [3.63, 3.8) is 0 Å². The molecule has 1 aliphatic rings. The minimum Gasteiger partial charge on any atom is -0.545 e. The summed E-state index contributed by atoms with van der Waals surface area (Å²) in [7, 11) is 0. The predicted octanol–water partition coefficient (Wildman–Crippen LogP) is 3.09. The van der Waals surface area contributed by atoms with Crippen molar-refractivity contribution >= 4 is 27.8 Å². The molecule has 1 atom stereocenters. The molecule has 0 N–H and O–H groups in total. The molecule has 3 aromatic carbocycles. The first kappa shape index (κ1) is 24.6. The number of carboxylic acid groups (broad SMARTS) is 1. The molecular weight excluding hydrogens is 461 g/mol. The Bertz CT molecular complexity index is 1620. The average Bonchev–Trinajstić information content (AvgIpc) is 3.22. The van der Waals surface area contributed by atoms with Gasteiger partial charge in [0, 0.05) is 16.5 Å². The van der Waals surface area contributed by atoms with Gasteiger partial charge in [0.15, 0.2) is 5.76 Å². The molecule has 36 heavy (non-hydrogen) atoms. The number of aromatic carboxylic acids is 1. The standard InChI is InChI=1S/C30H25NO4.Na/c1-17-14-15-26(34-25-13-7-9-19-8-3-4-11-21(19)25)27-22(30(32)33)16-23(31-28(17)27)29-18(2)20-10-5-6-12-24(20)35-29;/h3-6,8,10-12,14-16,25H,7,9,13H2,1-2H3,(H,32,33);/q;+1/p-1/t25-;/m0./s1. The SMILES string of the molecule is Cc1c(-c2cc(C(=O)[O-])c3c(O[C@H]4CCCc5ccccc54)ccc(C)c3n2)oc2ccccc12.[Na+]. The maximum absolute atomic E-state index is 12.4. The molecule has 0 bridgehead atoms. The van der Waals surface area contributed by atoms with Gasteiger partial charge in [-0.15, -0.1) is 0 Å². The number of benzene rings is 3. The van der Waals surface area contributed by atoms with Gasteiger partial charge < -0.3 is 19.1 Å². The average molecular weight is 486 g/mol. The number of pyridine rings is 1. The van der Waals surface area contributed by atoms with E-state index in [-0.39, 0.29) is 41.2 Å². The van der Waals surface area contributed by atoms with Crippen LogP contribution in [0.15, 0.2) is 71.1 Å². The van der Waals surface area contributed by atoms with Gasteiger partial charge in [-0.1, -0.05) is 48.5 Å². The van der Waals surface area contributed by atoms with Gasteiger partial charge in [0.25, 0.3) is 0 Å². The third kappa shape index (κ3) is 4.11. The van der Waals surface area contributed by atoms with Gasteiger partial charge in [0.05, 0.1) is 16.9 Å². The number of aromatic nitrogens is 1. The molecule has 2 aromatic heterocycles. The number of hydrogen-bond donors (Lipinski definition) is 0. The van der Waals surface area contributed by atoms with Crippen molar-refractivity contribution in [1.29, 1.82) is 0 Å². The Morgan fingerprint density at radius 1 is 1.06 bits per heavy atom. The molecule has 1 aliphatic carbocycles. The van der Waals surface area contributed by atoms with Gasteiger partial charge in [0.1, 0.15) is 23.1 Å². The third-order valence-corrected chi connectivity index (χ3v) is 7.00. The number of nitrogens with zero attached hydrogens (tertiary/aromatic N) is 1. The molecule has 174 valence electrons. The summed E-state index contributed by atoms with van der Waals surface area (Å²) in [5.74, 6) is -0.207. The van der Waals surface area contributed by atoms with Crippen LogP contribution in [0, 0.1) is 13.8 Å². The van der Waals surface area contributed by atoms with Gasteiger partial charge in [-0.05, 0) is 68.0 Å². The number of hydrogen-bond acceptors (Lipinski definition) is 5. The van der Waals surface area contributed by atoms with Crippen LogP contribution in [-0.4, -0.2) is 11.0 Å². The first-order valence-electron chi connectivity index (χ1n) is 11.9. The van der Waals surface area contributed by atoms with Crippen LogP contribution in [0.2, 0.25) is 0 Å². The van der Waals surface area contributed by atoms with E-state index in [9.17, 15) is 9.90 Å². The van der Waals surface area contributed by atoms with Crippen LogP contribution in [0.3, 0.4) is 0 Å². The third-order valence-electron chi connectivity index (χ3n) is 7.00. The smallest absolute Gasteiger partial charge is 0.545 e. The molecule has 0 saturated carbocycles. The number of furan rings is 1. The summed E-state index contributed by atoms with van der Waals surface area (Å²) in [5, 5.41) is 13.8. The number of ether oxygens (including phenoxy) is 1. The normalized spacial score (nSPS) is 14.9. The number of fused-ring (bicyclic) bond motifs is 3. The van der Waals surface area contributed by atoms with E-state index in [2.05, 4.69) is 12.1 Å². The van der Waals surface area contributed by atoms with Crippen LogP contribution < -0.4 is 39.4 Å². The van der Waals surface area contributed by atoms with E-state index in [1.807, 2.05) is 62.4 Å². The number of carboxylic acids is 1. The zero-order valence-corrected chi connectivity index (χ0v) is 22.6. The molecule has 0 spiro atoms. The zero-order valence-electron chi connectivity index (χ0n) is 20.6. The number of carbonyl (C=O) groups excluding carboxylic acids is 1. The van der Waals surface area contributed by atoms with Crippen molar-refractivity contribution in [3.05, 3.63) is 94.5 Å². The second-order valence-electron chi connectivity index (χ2n) is 9.20. The van der Waals surface area contributed by atoms with Gasteiger partial charge >= 0.3 is 29.6 Å². The quantitative estimate of drug-likeness (QED) is 0.366. The number of rotatable bonds is 4. The number of carbonyl (C=O) groups is 1. The Labute approximate surface area is 231 Å². The van der Waals surface area contributed by atoms with Crippen LogP contribution >= 0.6 is 0 Å². The van der Waals surface area contributed by atoms with Crippen molar-refractivity contribution in [2.45, 2.75) is 39.2 Å². The molecule has 0 saturated heterocycles. The van der Waals surface area contributed by atoms with E-state index >= 15 is 0 Å². The van der Waals surface area contributed by atoms with E-state index in [1.54, 1.807) is 6.07 Å². The Hall–Kier alpha value is -3.12. The predicted molar refractivity (Wildman–Crippen MR) is 134 cm³/mol. The van der Waals surface area contributed by atoms with Gasteiger partial charge in [0.2, 0.25) is 0 Å². The van der Waals surface area contributed by atoms with Crippen molar-refractivity contribution in [3.8, 4) is 17.2 Å². The Morgan fingerprint density at radius 3 is 2.64 bits per heavy atom. The first-order chi connectivity index (χ1) is 17.0. The Balaban J connectivity index is 0.00000267. The Morgan fingerprint density at radius 2 is 1.83 bits per heavy atom. The summed E-state index contributed by atoms with van der Waals surface area (Å²) in [4.78, 5) is 17.3. The van der Waals surface area contributed by atoms with Crippen LogP contribution in [-0.2, 0) is 6.42 Å². The molecule has 0 unspecified atom stereocenters. The summed E-state index contributed by atoms with van der Waals surface area (Å²) >= 11 is 0. The van der Waals surface area contributed by atoms with Crippen molar-refractivity contribution in [2.24, 2.45) is 0 Å². The monoisotopic (exact) mass is 485 g/mol. The molecule has 6 rings (SSSR count). The summed E-state index contributed by atoms with van der Waals surface area (Å²) in [6, 6.07) is 21.3. The van der Waals surface area contributed by atoms with E-state index in [4.69, 9.17) is 14.1 Å². The minimum absolute atomic E-state index is 0. The van der Waals surface area contributed by atoms with Crippen LogP contribution in [0.4, 0.5) is 0 Å². The maximum atomic E-state index is 12.4. The summed E-state index contributed by atoms with van der Waals surface area (Å²) < 4.78 is 12.6. The van der Waals surface area contributed by atoms with Gasteiger partial charge in [-0.2, -0.15) is 0 Å². The van der Waals surface area contributed by atoms with Crippen LogP contribution in [0.1, 0.15) is 51.6 Å². The van der Waals surface area contributed by atoms with Gasteiger partial charge in [-0.3, -0.25) is 0 Å². The fraction of sp³-hybridized carbons (Fsp3) is 0.200. The molecule has 2 heterocycles. The molecule has 0 fully saturated rings. The summed E-state index contributed by atoms with van der Waals surface area (Å²) in [5.41, 5.74) is 6.03. The molecule has 0 aliphatic heterocycles. The van der Waals surface area contributed by atoms with Crippen molar-refractivity contribution in [2.75, 3.05) is 0 Å². The zero-order chi connectivity index (χ0) is 24.1. The second kappa shape index (κ2) is 9.74. The molecule has 5 aromatic rings. The minimum atomic E-state index is -1.27. The van der Waals surface area contributed by atoms with Crippen LogP contribution in [0.5, 0.6) is 5.75 Å². The largest absolute Gasteiger partial charge is 1.00 e. The van der Waals surface area contributed by atoms with E-state index in [0.29, 0.717) is 28.1 Å². The number of para-hydroxylation sites is 1. The molecule has 0 radical (unpaired) electrons. The second-order valence-corrected chi connectivity index (χ2v) is 9.20. The number of aryl methyl sites for hydroxylation is 3. The Kier molecular flexibility index (Phi) is 6.64. The molecule has 5 nitrogen and oxygen atoms in total. The fourth-order valence-electron chi connectivity index (χ4n) is 5.22. The summed E-state index contributed by atoms with van der Waals surface area (Å²) in [6.45, 7) is 3.88. The van der Waals surface area contributed by atoms with E-state index in [1.165, 1.54) is 5.56 Å². The first-order valence-corrected chi connectivity index (χ1v) is 11.9. The van der Waals surface area contributed by atoms with Crippen LogP contribution in [0.25, 0.3) is 33.3 Å². The van der Waals surface area contributed by atoms with Crippen molar-refractivity contribution < 1.29 is 48.6 Å². The van der Waals surface area contributed by atoms with Crippen molar-refractivity contribution in [1.82, 2.24) is 4.98 Å². The summed E-state index contributed by atoms with van der Waals surface area (Å²) in [6.07, 6.45) is 2.78. The topological polar surface area (TPSA) is 75.4 Å².